The standard InChI is InChI=1S/C18H20INO4/c1-23-16-9-8-14(10-17(16)24-2)15-11-18(21)20(22)19(15)12-13-6-4-3-5-7-13/h3-10,15,22H,11-12H2,1-2H3. The fourth-order valence-electron chi connectivity index (χ4n) is 2.74. The Hall–Kier alpha value is -1.80. The summed E-state index contributed by atoms with van der Waals surface area (Å²) in [4.78, 5) is 12.1. The molecule has 6 heteroatoms. The van der Waals surface area contributed by atoms with Crippen LogP contribution < -0.4 is 9.47 Å². The van der Waals surface area contributed by atoms with Crippen molar-refractivity contribution in [3.63, 3.8) is 0 Å². The van der Waals surface area contributed by atoms with Crippen LogP contribution in [-0.4, -0.2) is 28.6 Å². The molecule has 1 heterocycles. The number of hydrogen-bond donors (Lipinski definition) is 1. The summed E-state index contributed by atoms with van der Waals surface area (Å²) in [6.45, 7) is 0. The third kappa shape index (κ3) is 3.34. The van der Waals surface area contributed by atoms with Crippen molar-refractivity contribution < 1.29 is 19.5 Å². The van der Waals surface area contributed by atoms with Gasteiger partial charge < -0.3 is 0 Å². The third-order valence-electron chi connectivity index (χ3n) is 3.97. The summed E-state index contributed by atoms with van der Waals surface area (Å²) in [6, 6.07) is 15.8. The average Bonchev–Trinajstić information content (AvgIpc) is 2.90. The molecular formula is C18H20INO4. The second kappa shape index (κ2) is 7.40. The van der Waals surface area contributed by atoms with Crippen LogP contribution in [0.5, 0.6) is 11.5 Å². The molecule has 2 aromatic carbocycles. The first-order valence-electron chi connectivity index (χ1n) is 7.56. The Morgan fingerprint density at radius 2 is 1.83 bits per heavy atom. The van der Waals surface area contributed by atoms with Crippen molar-refractivity contribution in [1.82, 2.24) is 3.28 Å². The Morgan fingerprint density at radius 3 is 2.50 bits per heavy atom. The Kier molecular flexibility index (Phi) is 5.25. The summed E-state index contributed by atoms with van der Waals surface area (Å²) in [5.41, 5.74) is 2.18. The molecule has 1 atom stereocenters. The minimum atomic E-state index is -2.12. The quantitative estimate of drug-likeness (QED) is 0.330. The molecule has 3 rings (SSSR count). The van der Waals surface area contributed by atoms with E-state index in [1.54, 1.807) is 14.2 Å². The number of methoxy groups -OCH3 is 2. The predicted molar refractivity (Wildman–Crippen MR) is 99.7 cm³/mol. The van der Waals surface area contributed by atoms with E-state index in [0.29, 0.717) is 17.9 Å². The van der Waals surface area contributed by atoms with Gasteiger partial charge in [-0.3, -0.25) is 0 Å². The van der Waals surface area contributed by atoms with Gasteiger partial charge in [-0.15, -0.1) is 0 Å². The van der Waals surface area contributed by atoms with Crippen molar-refractivity contribution in [3.8, 4) is 11.5 Å². The number of alkyl halides is 2. The van der Waals surface area contributed by atoms with Gasteiger partial charge in [0.05, 0.1) is 0 Å². The van der Waals surface area contributed by atoms with Crippen LogP contribution in [0.4, 0.5) is 0 Å². The van der Waals surface area contributed by atoms with Crippen molar-refractivity contribution in [3.05, 3.63) is 59.7 Å². The number of hydroxylamine groups is 1. The molecule has 128 valence electrons. The van der Waals surface area contributed by atoms with Crippen molar-refractivity contribution >= 4 is 26.0 Å². The first kappa shape index (κ1) is 17.0. The number of hydrogen-bond acceptors (Lipinski definition) is 4. The topological polar surface area (TPSA) is 59.0 Å². The summed E-state index contributed by atoms with van der Waals surface area (Å²) in [6.07, 6.45) is 0.351. The summed E-state index contributed by atoms with van der Waals surface area (Å²) >= 11 is -2.12. The SMILES string of the molecule is COc1ccc(C2CC(=O)N(O)I2Cc2ccccc2)cc1OC. The van der Waals surface area contributed by atoms with Crippen molar-refractivity contribution in [1.29, 1.82) is 0 Å². The minimum absolute atomic E-state index is 0.0618. The number of carbonyl (C=O) groups excluding carboxylic acids is 1. The predicted octanol–water partition coefficient (Wildman–Crippen LogP) is 3.99. The molecule has 0 spiro atoms. The van der Waals surface area contributed by atoms with E-state index in [9.17, 15) is 10.0 Å². The fourth-order valence-corrected chi connectivity index (χ4v) is 8.63. The average molecular weight is 441 g/mol. The van der Waals surface area contributed by atoms with E-state index in [0.717, 1.165) is 18.8 Å². The van der Waals surface area contributed by atoms with E-state index in [2.05, 4.69) is 0 Å². The van der Waals surface area contributed by atoms with Crippen molar-refractivity contribution in [2.45, 2.75) is 14.8 Å². The van der Waals surface area contributed by atoms with Gasteiger partial charge in [-0.25, -0.2) is 0 Å². The first-order chi connectivity index (χ1) is 11.6. The molecule has 0 aromatic heterocycles. The maximum atomic E-state index is 12.1. The molecule has 1 N–H and O–H groups in total. The zero-order chi connectivity index (χ0) is 17.1. The maximum absolute atomic E-state index is 12.1. The molecule has 0 radical (unpaired) electrons. The molecular weight excluding hydrogens is 421 g/mol. The summed E-state index contributed by atoms with van der Waals surface area (Å²) in [5, 5.41) is 10.3. The molecule has 1 aliphatic rings. The molecule has 1 unspecified atom stereocenters. The van der Waals surface area contributed by atoms with E-state index in [1.807, 2.05) is 48.5 Å². The van der Waals surface area contributed by atoms with Crippen LogP contribution in [0, 0.1) is 0 Å². The number of carbonyl (C=O) groups is 1. The second-order valence-electron chi connectivity index (χ2n) is 5.43. The number of ether oxygens (including phenoxy) is 2. The van der Waals surface area contributed by atoms with Gasteiger partial charge in [0, 0.05) is 0 Å². The van der Waals surface area contributed by atoms with Crippen LogP contribution in [0.2, 0.25) is 0 Å². The summed E-state index contributed by atoms with van der Waals surface area (Å²) in [7, 11) is 3.19. The van der Waals surface area contributed by atoms with Gasteiger partial charge in [0.2, 0.25) is 0 Å². The molecule has 0 bridgehead atoms. The van der Waals surface area contributed by atoms with E-state index in [4.69, 9.17) is 9.47 Å². The zero-order valence-electron chi connectivity index (χ0n) is 13.6. The molecule has 2 aromatic rings. The summed E-state index contributed by atoms with van der Waals surface area (Å²) < 4.78 is 12.5. The molecule has 0 saturated carbocycles. The van der Waals surface area contributed by atoms with E-state index in [-0.39, 0.29) is 9.83 Å². The molecule has 1 amide bonds. The van der Waals surface area contributed by atoms with Gasteiger partial charge in [-0.05, 0) is 0 Å². The van der Waals surface area contributed by atoms with Gasteiger partial charge in [0.1, 0.15) is 0 Å². The number of rotatable bonds is 5. The van der Waals surface area contributed by atoms with E-state index in [1.165, 1.54) is 0 Å². The number of amides is 1. The first-order valence-corrected chi connectivity index (χ1v) is 11.3. The van der Waals surface area contributed by atoms with Crippen molar-refractivity contribution in [2.75, 3.05) is 14.2 Å². The molecule has 1 saturated heterocycles. The number of benzene rings is 2. The third-order valence-corrected chi connectivity index (χ3v) is 10.2. The fraction of sp³-hybridized carbons (Fsp3) is 0.278. The zero-order valence-corrected chi connectivity index (χ0v) is 15.8. The van der Waals surface area contributed by atoms with Crippen LogP contribution in [0.25, 0.3) is 0 Å². The van der Waals surface area contributed by atoms with Crippen LogP contribution >= 0.6 is 20.1 Å². The van der Waals surface area contributed by atoms with E-state index < -0.39 is 20.1 Å². The van der Waals surface area contributed by atoms with Gasteiger partial charge in [0.15, 0.2) is 0 Å². The van der Waals surface area contributed by atoms with Crippen LogP contribution in [-0.2, 0) is 9.22 Å². The van der Waals surface area contributed by atoms with Crippen LogP contribution in [0.3, 0.4) is 0 Å². The van der Waals surface area contributed by atoms with Gasteiger partial charge >= 0.3 is 149 Å². The molecule has 5 nitrogen and oxygen atoms in total. The van der Waals surface area contributed by atoms with Gasteiger partial charge in [0.25, 0.3) is 0 Å². The monoisotopic (exact) mass is 441 g/mol. The number of nitrogens with zero attached hydrogens (tertiary/aromatic N) is 1. The van der Waals surface area contributed by atoms with Gasteiger partial charge in [-0.2, -0.15) is 0 Å². The Labute approximate surface area is 148 Å². The molecule has 24 heavy (non-hydrogen) atoms. The normalized spacial score (nSPS) is 18.8. The molecule has 1 fully saturated rings. The van der Waals surface area contributed by atoms with Crippen molar-refractivity contribution in [2.24, 2.45) is 0 Å². The second-order valence-corrected chi connectivity index (χ2v) is 10.7. The van der Waals surface area contributed by atoms with Gasteiger partial charge in [-0.1, -0.05) is 0 Å². The molecule has 1 aliphatic heterocycles. The Bertz CT molecular complexity index is 722. The molecule has 0 aliphatic carbocycles. The summed E-state index contributed by atoms with van der Waals surface area (Å²) in [5.74, 6) is 1.13. The Balaban J connectivity index is 1.91. The number of halogens is 1. The van der Waals surface area contributed by atoms with E-state index >= 15 is 0 Å². The van der Waals surface area contributed by atoms with Crippen LogP contribution in [0.1, 0.15) is 21.5 Å². The van der Waals surface area contributed by atoms with Crippen LogP contribution in [0.15, 0.2) is 48.5 Å². The Morgan fingerprint density at radius 1 is 1.12 bits per heavy atom.